The number of nitriles is 1. The summed E-state index contributed by atoms with van der Waals surface area (Å²) in [5.41, 5.74) is 2.87. The molecule has 0 bridgehead atoms. The van der Waals surface area contributed by atoms with Gasteiger partial charge in [-0.25, -0.2) is 9.78 Å². The van der Waals surface area contributed by atoms with E-state index in [4.69, 9.17) is 4.74 Å². The third-order valence-electron chi connectivity index (χ3n) is 4.51. The topological polar surface area (TPSA) is 92.1 Å². The Morgan fingerprint density at radius 1 is 1.31 bits per heavy atom. The monoisotopic (exact) mass is 411 g/mol. The van der Waals surface area contributed by atoms with Crippen molar-refractivity contribution in [2.45, 2.75) is 45.1 Å². The lowest BCUT2D eigenvalue weighted by Gasteiger charge is -2.15. The van der Waals surface area contributed by atoms with Gasteiger partial charge in [0.15, 0.2) is 0 Å². The zero-order valence-electron chi connectivity index (χ0n) is 17.1. The van der Waals surface area contributed by atoms with E-state index < -0.39 is 5.97 Å². The summed E-state index contributed by atoms with van der Waals surface area (Å²) in [5, 5.41) is 12.8. The molecule has 0 aliphatic carbocycles. The van der Waals surface area contributed by atoms with Gasteiger partial charge < -0.3 is 10.1 Å². The summed E-state index contributed by atoms with van der Waals surface area (Å²) >= 11 is 1.17. The van der Waals surface area contributed by atoms with Crippen LogP contribution in [0, 0.1) is 18.3 Å². The van der Waals surface area contributed by atoms with E-state index in [1.165, 1.54) is 17.8 Å². The van der Waals surface area contributed by atoms with Gasteiger partial charge in [-0.2, -0.15) is 5.26 Å². The van der Waals surface area contributed by atoms with E-state index in [2.05, 4.69) is 24.1 Å². The van der Waals surface area contributed by atoms with Gasteiger partial charge in [0, 0.05) is 5.69 Å². The number of hydrogen-bond acceptors (Lipinski definition) is 6. The molecular formula is C22H25N3O3S. The van der Waals surface area contributed by atoms with Gasteiger partial charge in [-0.1, -0.05) is 43.8 Å². The molecule has 6 nitrogen and oxygen atoms in total. The fourth-order valence-corrected chi connectivity index (χ4v) is 3.57. The minimum absolute atomic E-state index is 0.106. The lowest BCUT2D eigenvalue weighted by molar-refractivity contribution is -0.113. The Kier molecular flexibility index (Phi) is 8.22. The second kappa shape index (κ2) is 10.6. The van der Waals surface area contributed by atoms with Crippen molar-refractivity contribution in [1.82, 2.24) is 4.98 Å². The number of thioether (sulfide) groups is 1. The molecule has 1 heterocycles. The standard InChI is InChI=1S/C22H25N3O3S/c1-5-14(3)17-9-7-8-10-19(17)25-20(26)13-29-21-16(12-23)11-18(15(4)24-21)22(27)28-6-2/h7-11,14H,5-6,13H2,1-4H3,(H,25,26)/t14-/m0/s1. The predicted molar refractivity (Wildman–Crippen MR) is 114 cm³/mol. The molecule has 2 rings (SSSR count). The molecule has 0 spiro atoms. The van der Waals surface area contributed by atoms with Gasteiger partial charge in [-0.3, -0.25) is 4.79 Å². The first-order valence-electron chi connectivity index (χ1n) is 9.51. The number of benzene rings is 1. The zero-order chi connectivity index (χ0) is 21.4. The summed E-state index contributed by atoms with van der Waals surface area (Å²) in [6.07, 6.45) is 0.975. The molecule has 0 saturated carbocycles. The van der Waals surface area contributed by atoms with Crippen LogP contribution in [0.25, 0.3) is 0 Å². The molecule has 1 aromatic heterocycles. The molecule has 0 saturated heterocycles. The van der Waals surface area contributed by atoms with E-state index >= 15 is 0 Å². The van der Waals surface area contributed by atoms with E-state index in [1.54, 1.807) is 13.8 Å². The van der Waals surface area contributed by atoms with Gasteiger partial charge in [0.1, 0.15) is 11.1 Å². The van der Waals surface area contributed by atoms with Crippen molar-refractivity contribution >= 4 is 29.3 Å². The van der Waals surface area contributed by atoms with E-state index in [0.29, 0.717) is 16.6 Å². The van der Waals surface area contributed by atoms with Gasteiger partial charge in [0.25, 0.3) is 0 Å². The smallest absolute Gasteiger partial charge is 0.340 e. The minimum Gasteiger partial charge on any atom is -0.462 e. The van der Waals surface area contributed by atoms with Crippen LogP contribution in [0.2, 0.25) is 0 Å². The molecule has 29 heavy (non-hydrogen) atoms. The van der Waals surface area contributed by atoms with Crippen LogP contribution in [0.15, 0.2) is 35.4 Å². The highest BCUT2D eigenvalue weighted by Gasteiger charge is 2.17. The molecule has 0 aliphatic heterocycles. The molecule has 1 amide bonds. The zero-order valence-corrected chi connectivity index (χ0v) is 17.9. The molecular weight excluding hydrogens is 386 g/mol. The highest BCUT2D eigenvalue weighted by atomic mass is 32.2. The van der Waals surface area contributed by atoms with Crippen molar-refractivity contribution in [3.63, 3.8) is 0 Å². The molecule has 1 N–H and O–H groups in total. The van der Waals surface area contributed by atoms with Gasteiger partial charge in [0.05, 0.1) is 29.2 Å². The average Bonchev–Trinajstić information content (AvgIpc) is 2.72. The number of hydrogen-bond donors (Lipinski definition) is 1. The lowest BCUT2D eigenvalue weighted by Crippen LogP contribution is -2.16. The number of carbonyl (C=O) groups excluding carboxylic acids is 2. The predicted octanol–water partition coefficient (Wildman–Crippen LogP) is 4.68. The number of ether oxygens (including phenoxy) is 1. The van der Waals surface area contributed by atoms with Crippen molar-refractivity contribution in [2.24, 2.45) is 0 Å². The van der Waals surface area contributed by atoms with Crippen LogP contribution in [0.5, 0.6) is 0 Å². The second-order valence-electron chi connectivity index (χ2n) is 6.54. The lowest BCUT2D eigenvalue weighted by atomic mass is 9.97. The van der Waals surface area contributed by atoms with Crippen molar-refractivity contribution in [2.75, 3.05) is 17.7 Å². The van der Waals surface area contributed by atoms with E-state index in [-0.39, 0.29) is 29.4 Å². The first-order chi connectivity index (χ1) is 13.9. The third-order valence-corrected chi connectivity index (χ3v) is 5.50. The van der Waals surface area contributed by atoms with Crippen LogP contribution in [-0.4, -0.2) is 29.2 Å². The normalized spacial score (nSPS) is 11.4. The van der Waals surface area contributed by atoms with E-state index in [0.717, 1.165) is 17.7 Å². The molecule has 0 aliphatic rings. The quantitative estimate of drug-likeness (QED) is 0.501. The minimum atomic E-state index is -0.509. The van der Waals surface area contributed by atoms with Gasteiger partial charge >= 0.3 is 5.97 Å². The maximum Gasteiger partial charge on any atom is 0.340 e. The first-order valence-corrected chi connectivity index (χ1v) is 10.5. The molecule has 0 fully saturated rings. The summed E-state index contributed by atoms with van der Waals surface area (Å²) in [6, 6.07) is 11.3. The number of para-hydroxylation sites is 1. The highest BCUT2D eigenvalue weighted by Crippen LogP contribution is 2.27. The number of rotatable bonds is 8. The molecule has 152 valence electrons. The first kappa shape index (κ1) is 22.4. The van der Waals surface area contributed by atoms with Crippen LogP contribution < -0.4 is 5.32 Å². The van der Waals surface area contributed by atoms with Crippen LogP contribution in [0.3, 0.4) is 0 Å². The number of amides is 1. The van der Waals surface area contributed by atoms with Crippen LogP contribution >= 0.6 is 11.8 Å². The molecule has 0 radical (unpaired) electrons. The van der Waals surface area contributed by atoms with E-state index in [9.17, 15) is 14.9 Å². The summed E-state index contributed by atoms with van der Waals surface area (Å²) in [7, 11) is 0. The Bertz CT molecular complexity index is 937. The summed E-state index contributed by atoms with van der Waals surface area (Å²) in [6.45, 7) is 7.87. The van der Waals surface area contributed by atoms with Gasteiger partial charge in [-0.05, 0) is 43.9 Å². The number of anilines is 1. The second-order valence-corrected chi connectivity index (χ2v) is 7.50. The number of carbonyl (C=O) groups is 2. The molecule has 1 atom stereocenters. The third kappa shape index (κ3) is 5.81. The molecule has 2 aromatic rings. The number of nitrogens with one attached hydrogen (secondary N) is 1. The maximum absolute atomic E-state index is 12.5. The SMILES string of the molecule is CCOC(=O)c1cc(C#N)c(SCC(=O)Nc2ccccc2[C@@H](C)CC)nc1C. The molecule has 1 aromatic carbocycles. The van der Waals surface area contributed by atoms with Crippen molar-refractivity contribution in [1.29, 1.82) is 5.26 Å². The fraction of sp³-hybridized carbons (Fsp3) is 0.364. The van der Waals surface area contributed by atoms with Gasteiger partial charge in [0.2, 0.25) is 5.91 Å². The fourth-order valence-electron chi connectivity index (χ4n) is 2.77. The van der Waals surface area contributed by atoms with Crippen molar-refractivity contribution < 1.29 is 14.3 Å². The summed E-state index contributed by atoms with van der Waals surface area (Å²) in [4.78, 5) is 28.8. The van der Waals surface area contributed by atoms with Crippen molar-refractivity contribution in [3.05, 3.63) is 52.7 Å². The Labute approximate surface area is 175 Å². The summed E-state index contributed by atoms with van der Waals surface area (Å²) < 4.78 is 4.99. The summed E-state index contributed by atoms with van der Waals surface area (Å²) in [5.74, 6) is -0.244. The average molecular weight is 412 g/mol. The molecule has 7 heteroatoms. The van der Waals surface area contributed by atoms with Crippen molar-refractivity contribution in [3.8, 4) is 6.07 Å². The van der Waals surface area contributed by atoms with E-state index in [1.807, 2.05) is 30.3 Å². The van der Waals surface area contributed by atoms with Crippen LogP contribution in [0.1, 0.15) is 60.3 Å². The highest BCUT2D eigenvalue weighted by molar-refractivity contribution is 8.00. The Hall–Kier alpha value is -2.85. The van der Waals surface area contributed by atoms with Crippen LogP contribution in [0.4, 0.5) is 5.69 Å². The Balaban J connectivity index is 2.12. The maximum atomic E-state index is 12.5. The number of aromatic nitrogens is 1. The number of pyridine rings is 1. The number of nitrogens with zero attached hydrogens (tertiary/aromatic N) is 2. The van der Waals surface area contributed by atoms with Gasteiger partial charge in [-0.15, -0.1) is 0 Å². The molecule has 0 unspecified atom stereocenters. The Morgan fingerprint density at radius 2 is 2.03 bits per heavy atom. The number of aryl methyl sites for hydroxylation is 1. The number of esters is 1. The van der Waals surface area contributed by atoms with Crippen LogP contribution in [-0.2, 0) is 9.53 Å². The Morgan fingerprint density at radius 3 is 2.69 bits per heavy atom. The largest absolute Gasteiger partial charge is 0.462 e.